The van der Waals surface area contributed by atoms with Gasteiger partial charge >= 0.3 is 0 Å². The lowest BCUT2D eigenvalue weighted by Crippen LogP contribution is -2.44. The molecule has 0 saturated carbocycles. The van der Waals surface area contributed by atoms with Crippen molar-refractivity contribution in [3.63, 3.8) is 0 Å². The molecule has 146 valence electrons. The molecule has 1 fully saturated rings. The zero-order valence-corrected chi connectivity index (χ0v) is 15.6. The molecular weight excluding hydrogens is 364 g/mol. The van der Waals surface area contributed by atoms with E-state index in [1.165, 1.54) is 4.31 Å². The molecule has 0 radical (unpaired) electrons. The van der Waals surface area contributed by atoms with E-state index in [0.29, 0.717) is 32.0 Å². The SMILES string of the molecule is CCCNCCNC(=O)C1CCN(S(=O)(=O)c2ccc(F)c(F)c2)CC1. The van der Waals surface area contributed by atoms with Crippen molar-refractivity contribution < 1.29 is 22.0 Å². The minimum atomic E-state index is -3.89. The van der Waals surface area contributed by atoms with E-state index in [4.69, 9.17) is 0 Å². The Bertz CT molecular complexity index is 720. The summed E-state index contributed by atoms with van der Waals surface area (Å²) in [6.07, 6.45) is 1.83. The van der Waals surface area contributed by atoms with Gasteiger partial charge in [-0.3, -0.25) is 4.79 Å². The van der Waals surface area contributed by atoms with Crippen LogP contribution in [0.1, 0.15) is 26.2 Å². The van der Waals surface area contributed by atoms with E-state index in [-0.39, 0.29) is 29.8 Å². The number of hydrogen-bond donors (Lipinski definition) is 2. The number of amides is 1. The summed E-state index contributed by atoms with van der Waals surface area (Å²) in [6.45, 7) is 4.54. The number of benzene rings is 1. The first-order chi connectivity index (χ1) is 12.4. The van der Waals surface area contributed by atoms with Crippen molar-refractivity contribution >= 4 is 15.9 Å². The summed E-state index contributed by atoms with van der Waals surface area (Å²) >= 11 is 0. The molecule has 0 aliphatic carbocycles. The van der Waals surface area contributed by atoms with Crippen LogP contribution in [0.3, 0.4) is 0 Å². The summed E-state index contributed by atoms with van der Waals surface area (Å²) < 4.78 is 52.6. The van der Waals surface area contributed by atoms with Crippen LogP contribution in [0.25, 0.3) is 0 Å². The Hall–Kier alpha value is -1.58. The van der Waals surface area contributed by atoms with Crippen molar-refractivity contribution in [2.75, 3.05) is 32.7 Å². The topological polar surface area (TPSA) is 78.5 Å². The summed E-state index contributed by atoms with van der Waals surface area (Å²) in [6, 6.07) is 2.54. The van der Waals surface area contributed by atoms with Gasteiger partial charge in [0, 0.05) is 32.1 Å². The number of rotatable bonds is 8. The maximum atomic E-state index is 13.3. The second-order valence-corrected chi connectivity index (χ2v) is 8.23. The van der Waals surface area contributed by atoms with E-state index < -0.39 is 21.7 Å². The first-order valence-corrected chi connectivity index (χ1v) is 10.2. The molecular formula is C17H25F2N3O3S. The predicted molar refractivity (Wildman–Crippen MR) is 94.0 cm³/mol. The highest BCUT2D eigenvalue weighted by atomic mass is 32.2. The molecule has 0 spiro atoms. The van der Waals surface area contributed by atoms with Crippen molar-refractivity contribution in [3.05, 3.63) is 29.8 Å². The molecule has 0 bridgehead atoms. The van der Waals surface area contributed by atoms with E-state index in [2.05, 4.69) is 17.6 Å². The molecule has 6 nitrogen and oxygen atoms in total. The van der Waals surface area contributed by atoms with E-state index in [1.54, 1.807) is 0 Å². The summed E-state index contributed by atoms with van der Waals surface area (Å²) in [5.41, 5.74) is 0. The van der Waals surface area contributed by atoms with E-state index >= 15 is 0 Å². The Labute approximate surface area is 153 Å². The van der Waals surface area contributed by atoms with Crippen molar-refractivity contribution in [2.45, 2.75) is 31.1 Å². The van der Waals surface area contributed by atoms with Gasteiger partial charge in [0.25, 0.3) is 0 Å². The minimum Gasteiger partial charge on any atom is -0.355 e. The Morgan fingerprint density at radius 3 is 2.46 bits per heavy atom. The molecule has 1 aromatic rings. The Balaban J connectivity index is 1.87. The summed E-state index contributed by atoms with van der Waals surface area (Å²) in [7, 11) is -3.89. The number of hydrogen-bond acceptors (Lipinski definition) is 4. The third-order valence-electron chi connectivity index (χ3n) is 4.38. The van der Waals surface area contributed by atoms with Crippen molar-refractivity contribution in [2.24, 2.45) is 5.92 Å². The lowest BCUT2D eigenvalue weighted by Gasteiger charge is -2.30. The van der Waals surface area contributed by atoms with Crippen molar-refractivity contribution in [1.82, 2.24) is 14.9 Å². The highest BCUT2D eigenvalue weighted by molar-refractivity contribution is 7.89. The molecule has 9 heteroatoms. The Morgan fingerprint density at radius 1 is 1.15 bits per heavy atom. The lowest BCUT2D eigenvalue weighted by molar-refractivity contribution is -0.126. The molecule has 1 aliphatic heterocycles. The molecule has 1 heterocycles. The molecule has 2 rings (SSSR count). The molecule has 1 saturated heterocycles. The third kappa shape index (κ3) is 5.21. The Kier molecular flexibility index (Phi) is 7.48. The first-order valence-electron chi connectivity index (χ1n) is 8.80. The van der Waals surface area contributed by atoms with Crippen LogP contribution in [0.4, 0.5) is 8.78 Å². The maximum Gasteiger partial charge on any atom is 0.243 e. The van der Waals surface area contributed by atoms with Crippen LogP contribution in [-0.2, 0) is 14.8 Å². The number of piperidine rings is 1. The van der Waals surface area contributed by atoms with Crippen LogP contribution in [-0.4, -0.2) is 51.4 Å². The van der Waals surface area contributed by atoms with Gasteiger partial charge < -0.3 is 10.6 Å². The molecule has 0 aromatic heterocycles. The number of halogens is 2. The number of nitrogens with zero attached hydrogens (tertiary/aromatic N) is 1. The van der Waals surface area contributed by atoms with Crippen LogP contribution in [0, 0.1) is 17.6 Å². The zero-order valence-electron chi connectivity index (χ0n) is 14.8. The number of nitrogens with one attached hydrogen (secondary N) is 2. The van der Waals surface area contributed by atoms with Gasteiger partial charge in [0.2, 0.25) is 15.9 Å². The van der Waals surface area contributed by atoms with Gasteiger partial charge in [-0.05, 0) is 44.0 Å². The van der Waals surface area contributed by atoms with Crippen molar-refractivity contribution in [3.8, 4) is 0 Å². The third-order valence-corrected chi connectivity index (χ3v) is 6.28. The van der Waals surface area contributed by atoms with Gasteiger partial charge in [0.1, 0.15) is 0 Å². The molecule has 1 aromatic carbocycles. The second-order valence-electron chi connectivity index (χ2n) is 6.30. The molecule has 0 atom stereocenters. The fourth-order valence-electron chi connectivity index (χ4n) is 2.86. The van der Waals surface area contributed by atoms with Crippen molar-refractivity contribution in [1.29, 1.82) is 0 Å². The van der Waals surface area contributed by atoms with Gasteiger partial charge in [-0.1, -0.05) is 6.92 Å². The number of carbonyl (C=O) groups excluding carboxylic acids is 1. The average Bonchev–Trinajstić information content (AvgIpc) is 2.63. The number of sulfonamides is 1. The van der Waals surface area contributed by atoms with Gasteiger partial charge in [-0.2, -0.15) is 4.31 Å². The first kappa shape index (κ1) is 20.7. The fraction of sp³-hybridized carbons (Fsp3) is 0.588. The fourth-order valence-corrected chi connectivity index (χ4v) is 4.35. The molecule has 1 aliphatic rings. The van der Waals surface area contributed by atoms with Crippen LogP contribution in [0.15, 0.2) is 23.1 Å². The van der Waals surface area contributed by atoms with E-state index in [1.807, 2.05) is 0 Å². The maximum absolute atomic E-state index is 13.3. The van der Waals surface area contributed by atoms with Crippen LogP contribution in [0.2, 0.25) is 0 Å². The smallest absolute Gasteiger partial charge is 0.243 e. The van der Waals surface area contributed by atoms with Gasteiger partial charge in [0.05, 0.1) is 4.90 Å². The lowest BCUT2D eigenvalue weighted by atomic mass is 9.97. The molecule has 26 heavy (non-hydrogen) atoms. The summed E-state index contributed by atoms with van der Waals surface area (Å²) in [5, 5.41) is 6.04. The van der Waals surface area contributed by atoms with Crippen LogP contribution >= 0.6 is 0 Å². The monoisotopic (exact) mass is 389 g/mol. The van der Waals surface area contributed by atoms with Gasteiger partial charge in [-0.25, -0.2) is 17.2 Å². The molecule has 1 amide bonds. The standard InChI is InChI=1S/C17H25F2N3O3S/c1-2-7-20-8-9-21-17(23)13-5-10-22(11-6-13)26(24,25)14-3-4-15(18)16(19)12-14/h3-4,12-13,20H,2,5-11H2,1H3,(H,21,23). The quantitative estimate of drug-likeness (QED) is 0.660. The highest BCUT2D eigenvalue weighted by Gasteiger charge is 2.32. The minimum absolute atomic E-state index is 0.0758. The molecule has 2 N–H and O–H groups in total. The largest absolute Gasteiger partial charge is 0.355 e. The molecule has 0 unspecified atom stereocenters. The van der Waals surface area contributed by atoms with E-state index in [9.17, 15) is 22.0 Å². The summed E-state index contributed by atoms with van der Waals surface area (Å²) in [4.78, 5) is 11.9. The van der Waals surface area contributed by atoms with Crippen LogP contribution < -0.4 is 10.6 Å². The second kappa shape index (κ2) is 9.38. The normalized spacial score (nSPS) is 16.6. The van der Waals surface area contributed by atoms with Gasteiger partial charge in [0.15, 0.2) is 11.6 Å². The number of carbonyl (C=O) groups is 1. The predicted octanol–water partition coefficient (Wildman–Crippen LogP) is 1.48. The summed E-state index contributed by atoms with van der Waals surface area (Å²) in [5.74, 6) is -2.60. The Morgan fingerprint density at radius 2 is 1.85 bits per heavy atom. The van der Waals surface area contributed by atoms with Crippen LogP contribution in [0.5, 0.6) is 0 Å². The zero-order chi connectivity index (χ0) is 19.2. The average molecular weight is 389 g/mol. The highest BCUT2D eigenvalue weighted by Crippen LogP contribution is 2.24. The van der Waals surface area contributed by atoms with Gasteiger partial charge in [-0.15, -0.1) is 0 Å². The van der Waals surface area contributed by atoms with E-state index in [0.717, 1.165) is 25.1 Å².